The molecule has 0 radical (unpaired) electrons. The average molecular weight is 448 g/mol. The van der Waals surface area contributed by atoms with Gasteiger partial charge in [0.05, 0.1) is 5.57 Å². The highest BCUT2D eigenvalue weighted by Crippen LogP contribution is 2.44. The predicted octanol–water partition coefficient (Wildman–Crippen LogP) is 6.36. The van der Waals surface area contributed by atoms with Gasteiger partial charge in [-0.25, -0.2) is 0 Å². The third-order valence-corrected chi connectivity index (χ3v) is 6.21. The van der Waals surface area contributed by atoms with E-state index in [1.165, 1.54) is 16.2 Å². The predicted molar refractivity (Wildman–Crippen MR) is 126 cm³/mol. The van der Waals surface area contributed by atoms with Gasteiger partial charge in [0, 0.05) is 16.0 Å². The van der Waals surface area contributed by atoms with Crippen LogP contribution in [0.4, 0.5) is 5.69 Å². The molecule has 164 valence electrons. The number of aliphatic hydroxyl groups is 1. The monoisotopic (exact) mass is 447 g/mol. The summed E-state index contributed by atoms with van der Waals surface area (Å²) in [5.41, 5.74) is 1.08. The Kier molecular flexibility index (Phi) is 5.65. The zero-order chi connectivity index (χ0) is 23.0. The first kappa shape index (κ1) is 21.8. The fraction of sp³-hybridized carbons (Fsp3) is 0.231. The zero-order valence-corrected chi connectivity index (χ0v) is 19.3. The van der Waals surface area contributed by atoms with E-state index in [0.29, 0.717) is 11.4 Å². The first-order chi connectivity index (χ1) is 15.2. The van der Waals surface area contributed by atoms with Gasteiger partial charge in [-0.2, -0.15) is 0 Å². The standard InChI is InChI=1S/C26H25NO4S/c1-16-7-5-8-19(15-16)31-18-12-10-17(11-13-18)27-22(20-9-6-14-32-20)21(23(28)25(27)30)24(29)26(2,3)4/h5-15,22,28H,1-4H3. The van der Waals surface area contributed by atoms with Crippen LogP contribution in [0.1, 0.15) is 37.3 Å². The van der Waals surface area contributed by atoms with Crippen molar-refractivity contribution in [3.05, 3.63) is 87.8 Å². The van der Waals surface area contributed by atoms with Crippen molar-refractivity contribution in [1.82, 2.24) is 0 Å². The van der Waals surface area contributed by atoms with Crippen molar-refractivity contribution < 1.29 is 19.4 Å². The van der Waals surface area contributed by atoms with Gasteiger partial charge in [-0.1, -0.05) is 39.0 Å². The van der Waals surface area contributed by atoms with Gasteiger partial charge >= 0.3 is 0 Å². The number of hydrogen-bond acceptors (Lipinski definition) is 5. The number of ether oxygens (including phenoxy) is 1. The Bertz CT molecular complexity index is 1190. The molecule has 1 unspecified atom stereocenters. The van der Waals surface area contributed by atoms with Crippen LogP contribution in [0.25, 0.3) is 0 Å². The molecule has 0 saturated carbocycles. The normalized spacial score (nSPS) is 16.6. The maximum Gasteiger partial charge on any atom is 0.294 e. The summed E-state index contributed by atoms with van der Waals surface area (Å²) in [5, 5.41) is 12.6. The summed E-state index contributed by atoms with van der Waals surface area (Å²) in [6.07, 6.45) is 0. The summed E-state index contributed by atoms with van der Waals surface area (Å²) in [4.78, 5) is 28.6. The van der Waals surface area contributed by atoms with Crippen molar-refractivity contribution in [2.45, 2.75) is 33.7 Å². The molecule has 1 aliphatic rings. The summed E-state index contributed by atoms with van der Waals surface area (Å²) in [7, 11) is 0. The van der Waals surface area contributed by atoms with Crippen LogP contribution in [0.5, 0.6) is 11.5 Å². The van der Waals surface area contributed by atoms with Gasteiger partial charge in [0.15, 0.2) is 11.5 Å². The second kappa shape index (κ2) is 8.28. The fourth-order valence-corrected chi connectivity index (χ4v) is 4.54. The van der Waals surface area contributed by atoms with E-state index in [9.17, 15) is 14.7 Å². The Morgan fingerprint density at radius 2 is 1.75 bits per heavy atom. The molecule has 0 spiro atoms. The Hall–Kier alpha value is -3.38. The molecule has 0 fully saturated rings. The van der Waals surface area contributed by atoms with Crippen molar-refractivity contribution in [3.63, 3.8) is 0 Å². The van der Waals surface area contributed by atoms with Crippen molar-refractivity contribution >= 4 is 28.7 Å². The molecule has 0 bridgehead atoms. The maximum atomic E-state index is 13.2. The SMILES string of the molecule is Cc1cccc(Oc2ccc(N3C(=O)C(O)=C(C(=O)C(C)(C)C)C3c3cccs3)cc2)c1. The van der Waals surface area contributed by atoms with Gasteiger partial charge in [-0.3, -0.25) is 14.5 Å². The Labute approximate surface area is 191 Å². The van der Waals surface area contributed by atoms with Gasteiger partial charge in [0.25, 0.3) is 5.91 Å². The Balaban J connectivity index is 1.69. The van der Waals surface area contributed by atoms with Crippen LogP contribution in [-0.4, -0.2) is 16.8 Å². The number of nitrogens with zero attached hydrogens (tertiary/aromatic N) is 1. The van der Waals surface area contributed by atoms with E-state index in [-0.39, 0.29) is 11.4 Å². The zero-order valence-electron chi connectivity index (χ0n) is 18.5. The molecule has 2 aromatic carbocycles. The van der Waals surface area contributed by atoms with Gasteiger partial charge in [-0.05, 0) is 60.3 Å². The lowest BCUT2D eigenvalue weighted by Gasteiger charge is -2.28. The van der Waals surface area contributed by atoms with Crippen LogP contribution >= 0.6 is 11.3 Å². The molecule has 0 aliphatic carbocycles. The number of thiophene rings is 1. The van der Waals surface area contributed by atoms with E-state index >= 15 is 0 Å². The minimum atomic E-state index is -0.735. The number of benzene rings is 2. The average Bonchev–Trinajstić information content (AvgIpc) is 3.35. The van der Waals surface area contributed by atoms with Gasteiger partial charge in [0.2, 0.25) is 0 Å². The van der Waals surface area contributed by atoms with Crippen LogP contribution in [0, 0.1) is 12.3 Å². The second-order valence-corrected chi connectivity index (χ2v) is 9.83. The number of hydrogen-bond donors (Lipinski definition) is 1. The number of ketones is 1. The first-order valence-corrected chi connectivity index (χ1v) is 11.2. The van der Waals surface area contributed by atoms with E-state index in [1.54, 1.807) is 45.0 Å². The molecular weight excluding hydrogens is 422 g/mol. The molecule has 1 aromatic heterocycles. The highest BCUT2D eigenvalue weighted by Gasteiger charge is 2.47. The van der Waals surface area contributed by atoms with Crippen LogP contribution in [0.3, 0.4) is 0 Å². The molecule has 3 aromatic rings. The first-order valence-electron chi connectivity index (χ1n) is 10.4. The number of aryl methyl sites for hydroxylation is 1. The summed E-state index contributed by atoms with van der Waals surface area (Å²) in [6, 6.07) is 17.9. The molecular formula is C26H25NO4S. The number of anilines is 1. The molecule has 4 rings (SSSR count). The van der Waals surface area contributed by atoms with Crippen LogP contribution in [-0.2, 0) is 9.59 Å². The minimum Gasteiger partial charge on any atom is -0.503 e. The number of amides is 1. The maximum absolute atomic E-state index is 13.2. The molecule has 1 amide bonds. The largest absolute Gasteiger partial charge is 0.503 e. The third-order valence-electron chi connectivity index (χ3n) is 5.29. The smallest absolute Gasteiger partial charge is 0.294 e. The summed E-state index contributed by atoms with van der Waals surface area (Å²) >= 11 is 1.44. The van der Waals surface area contributed by atoms with E-state index < -0.39 is 23.1 Å². The molecule has 2 heterocycles. The second-order valence-electron chi connectivity index (χ2n) is 8.85. The fourth-order valence-electron chi connectivity index (χ4n) is 3.71. The minimum absolute atomic E-state index is 0.144. The van der Waals surface area contributed by atoms with Crippen molar-refractivity contribution in [2.75, 3.05) is 4.90 Å². The van der Waals surface area contributed by atoms with E-state index in [1.807, 2.05) is 48.7 Å². The highest BCUT2D eigenvalue weighted by atomic mass is 32.1. The van der Waals surface area contributed by atoms with Crippen LogP contribution in [0.15, 0.2) is 77.4 Å². The number of aliphatic hydroxyl groups excluding tert-OH is 1. The summed E-state index contributed by atoms with van der Waals surface area (Å²) in [5.74, 6) is 0.0427. The summed E-state index contributed by atoms with van der Waals surface area (Å²) in [6.45, 7) is 7.35. The lowest BCUT2D eigenvalue weighted by Crippen LogP contribution is -2.32. The highest BCUT2D eigenvalue weighted by molar-refractivity contribution is 7.10. The quantitative estimate of drug-likeness (QED) is 0.494. The lowest BCUT2D eigenvalue weighted by molar-refractivity contribution is -0.123. The van der Waals surface area contributed by atoms with Crippen molar-refractivity contribution in [1.29, 1.82) is 0 Å². The van der Waals surface area contributed by atoms with E-state index in [0.717, 1.165) is 16.2 Å². The van der Waals surface area contributed by atoms with Crippen LogP contribution < -0.4 is 9.64 Å². The van der Waals surface area contributed by atoms with Crippen molar-refractivity contribution in [3.8, 4) is 11.5 Å². The molecule has 1 aliphatic heterocycles. The number of rotatable bonds is 5. The molecule has 1 atom stereocenters. The third kappa shape index (κ3) is 4.06. The molecule has 6 heteroatoms. The molecule has 0 saturated heterocycles. The van der Waals surface area contributed by atoms with E-state index in [4.69, 9.17) is 4.74 Å². The van der Waals surface area contributed by atoms with E-state index in [2.05, 4.69) is 0 Å². The van der Waals surface area contributed by atoms with Gasteiger partial charge in [0.1, 0.15) is 17.5 Å². The Morgan fingerprint density at radius 1 is 1.03 bits per heavy atom. The molecule has 32 heavy (non-hydrogen) atoms. The lowest BCUT2D eigenvalue weighted by atomic mass is 9.83. The topological polar surface area (TPSA) is 66.8 Å². The Morgan fingerprint density at radius 3 is 2.34 bits per heavy atom. The van der Waals surface area contributed by atoms with Crippen LogP contribution in [0.2, 0.25) is 0 Å². The molecule has 1 N–H and O–H groups in total. The number of Topliss-reactive ketones (excluding diaryl/α,β-unsaturated/α-hetero) is 1. The molecule has 5 nitrogen and oxygen atoms in total. The number of carbonyl (C=O) groups is 2. The van der Waals surface area contributed by atoms with Gasteiger partial charge in [-0.15, -0.1) is 11.3 Å². The summed E-state index contributed by atoms with van der Waals surface area (Å²) < 4.78 is 5.91. The van der Waals surface area contributed by atoms with Crippen molar-refractivity contribution in [2.24, 2.45) is 5.41 Å². The number of carbonyl (C=O) groups excluding carboxylic acids is 2. The van der Waals surface area contributed by atoms with Gasteiger partial charge < -0.3 is 9.84 Å².